The molecule has 8 nitrogen and oxygen atoms in total. The third-order valence-electron chi connectivity index (χ3n) is 11.0. The second-order valence-corrected chi connectivity index (χ2v) is 19.6. The highest BCUT2D eigenvalue weighted by atomic mass is 31.2. The maximum absolute atomic E-state index is 12.7. The standard InChI is InChI=1S/C49H98NO7P/c1-6-8-10-12-14-16-18-19-20-21-22-23-24-25-26-27-28-29-30-31-32-34-36-38-40-42-49(51)57-48(47-56-58(52,53)55-45-43-50(3,4)5)46-54-44-41-39-37-35-33-17-15-13-11-9-7-2/h11,13,48H,6-10,12,14-47H2,1-5H3/b13-11-. The normalized spacial score (nSPS) is 13.7. The lowest BCUT2D eigenvalue weighted by atomic mass is 10.0. The monoisotopic (exact) mass is 844 g/mol. The molecule has 2 unspecified atom stereocenters. The van der Waals surface area contributed by atoms with Crippen molar-refractivity contribution in [2.24, 2.45) is 0 Å². The van der Waals surface area contributed by atoms with Crippen LogP contribution in [0.25, 0.3) is 0 Å². The summed E-state index contributed by atoms with van der Waals surface area (Å²) in [5.41, 5.74) is 0. The largest absolute Gasteiger partial charge is 0.756 e. The van der Waals surface area contributed by atoms with Gasteiger partial charge in [-0.3, -0.25) is 9.36 Å². The van der Waals surface area contributed by atoms with E-state index in [0.29, 0.717) is 24.1 Å². The van der Waals surface area contributed by atoms with E-state index in [1.54, 1.807) is 0 Å². The molecular weight excluding hydrogens is 746 g/mol. The third-order valence-corrected chi connectivity index (χ3v) is 12.0. The fraction of sp³-hybridized carbons (Fsp3) is 0.939. The average Bonchev–Trinajstić information content (AvgIpc) is 3.18. The molecule has 0 spiro atoms. The quantitative estimate of drug-likeness (QED) is 0.0198. The Morgan fingerprint density at radius 1 is 0.517 bits per heavy atom. The summed E-state index contributed by atoms with van der Waals surface area (Å²) in [6.45, 7) is 5.39. The van der Waals surface area contributed by atoms with Gasteiger partial charge in [-0.2, -0.15) is 0 Å². The van der Waals surface area contributed by atoms with E-state index in [0.717, 1.165) is 32.1 Å². The van der Waals surface area contributed by atoms with Gasteiger partial charge in [0.25, 0.3) is 7.82 Å². The van der Waals surface area contributed by atoms with Gasteiger partial charge in [0.05, 0.1) is 34.4 Å². The van der Waals surface area contributed by atoms with E-state index in [1.807, 2.05) is 21.1 Å². The zero-order valence-corrected chi connectivity index (χ0v) is 40.2. The molecule has 0 aromatic rings. The summed E-state index contributed by atoms with van der Waals surface area (Å²) in [7, 11) is 1.37. The molecule has 0 aliphatic carbocycles. The number of phosphoric acid groups is 1. The molecule has 0 aromatic heterocycles. The van der Waals surface area contributed by atoms with Crippen LogP contribution in [0, 0.1) is 0 Å². The van der Waals surface area contributed by atoms with Crippen molar-refractivity contribution in [3.05, 3.63) is 12.2 Å². The van der Waals surface area contributed by atoms with Crippen LogP contribution in [-0.4, -0.2) is 70.7 Å². The number of allylic oxidation sites excluding steroid dienone is 2. The maximum atomic E-state index is 12.7. The summed E-state index contributed by atoms with van der Waals surface area (Å²) >= 11 is 0. The minimum atomic E-state index is -4.52. The van der Waals surface area contributed by atoms with E-state index in [4.69, 9.17) is 18.5 Å². The smallest absolute Gasteiger partial charge is 0.306 e. The van der Waals surface area contributed by atoms with Gasteiger partial charge in [-0.1, -0.05) is 212 Å². The first-order valence-corrected chi connectivity index (χ1v) is 26.4. The van der Waals surface area contributed by atoms with Gasteiger partial charge in [-0.25, -0.2) is 0 Å². The zero-order chi connectivity index (χ0) is 42.7. The summed E-state index contributed by atoms with van der Waals surface area (Å²) in [6, 6.07) is 0. The van der Waals surface area contributed by atoms with Gasteiger partial charge in [0.2, 0.25) is 0 Å². The second-order valence-electron chi connectivity index (χ2n) is 18.2. The van der Waals surface area contributed by atoms with E-state index < -0.39 is 13.9 Å². The molecule has 0 N–H and O–H groups in total. The van der Waals surface area contributed by atoms with Crippen molar-refractivity contribution in [2.45, 2.75) is 245 Å². The third kappa shape index (κ3) is 46.3. The summed E-state index contributed by atoms with van der Waals surface area (Å²) in [5, 5.41) is 0. The summed E-state index contributed by atoms with van der Waals surface area (Å²) in [5.74, 6) is -0.331. The predicted octanol–water partition coefficient (Wildman–Crippen LogP) is 14.4. The van der Waals surface area contributed by atoms with Crippen molar-refractivity contribution in [1.29, 1.82) is 0 Å². The molecule has 0 bridgehead atoms. The van der Waals surface area contributed by atoms with Crippen LogP contribution in [0.3, 0.4) is 0 Å². The molecule has 0 saturated heterocycles. The van der Waals surface area contributed by atoms with Crippen molar-refractivity contribution < 1.29 is 37.3 Å². The van der Waals surface area contributed by atoms with Crippen LogP contribution in [0.5, 0.6) is 0 Å². The fourth-order valence-corrected chi connectivity index (χ4v) is 7.93. The Hall–Kier alpha value is -0.760. The first-order chi connectivity index (χ1) is 28.1. The number of hydrogen-bond acceptors (Lipinski definition) is 7. The molecule has 0 radical (unpaired) electrons. The zero-order valence-electron chi connectivity index (χ0n) is 39.3. The van der Waals surface area contributed by atoms with E-state index >= 15 is 0 Å². The highest BCUT2D eigenvalue weighted by Gasteiger charge is 2.20. The molecule has 0 amide bonds. The first kappa shape index (κ1) is 57.2. The number of nitrogens with zero attached hydrogens (tertiary/aromatic N) is 1. The first-order valence-electron chi connectivity index (χ1n) is 24.9. The van der Waals surface area contributed by atoms with Crippen molar-refractivity contribution in [3.8, 4) is 0 Å². The van der Waals surface area contributed by atoms with Gasteiger partial charge in [0, 0.05) is 13.0 Å². The van der Waals surface area contributed by atoms with Crippen LogP contribution in [0.15, 0.2) is 12.2 Å². The molecule has 58 heavy (non-hydrogen) atoms. The predicted molar refractivity (Wildman–Crippen MR) is 245 cm³/mol. The Labute approximate surface area is 360 Å². The van der Waals surface area contributed by atoms with Crippen molar-refractivity contribution in [1.82, 2.24) is 0 Å². The lowest BCUT2D eigenvalue weighted by molar-refractivity contribution is -0.870. The van der Waals surface area contributed by atoms with Crippen LogP contribution in [0.2, 0.25) is 0 Å². The Bertz CT molecular complexity index is 940. The average molecular weight is 844 g/mol. The molecule has 0 aliphatic heterocycles. The number of likely N-dealkylation sites (N-methyl/N-ethyl adjacent to an activating group) is 1. The van der Waals surface area contributed by atoms with Crippen molar-refractivity contribution in [3.63, 3.8) is 0 Å². The number of hydrogen-bond donors (Lipinski definition) is 0. The minimum Gasteiger partial charge on any atom is -0.756 e. The van der Waals surface area contributed by atoms with Crippen molar-refractivity contribution in [2.75, 3.05) is 54.1 Å². The van der Waals surface area contributed by atoms with Crippen LogP contribution >= 0.6 is 7.82 Å². The van der Waals surface area contributed by atoms with Crippen LogP contribution in [-0.2, 0) is 27.9 Å². The van der Waals surface area contributed by atoms with Crippen molar-refractivity contribution >= 4 is 13.8 Å². The number of quaternary nitrogens is 1. The Balaban J connectivity index is 3.99. The minimum absolute atomic E-state index is 0.0282. The fourth-order valence-electron chi connectivity index (χ4n) is 7.20. The topological polar surface area (TPSA) is 94.1 Å². The lowest BCUT2D eigenvalue weighted by Gasteiger charge is -2.28. The number of rotatable bonds is 47. The summed E-state index contributed by atoms with van der Waals surface area (Å²) in [6.07, 6.45) is 48.2. The highest BCUT2D eigenvalue weighted by molar-refractivity contribution is 7.45. The van der Waals surface area contributed by atoms with Gasteiger partial charge in [0.15, 0.2) is 0 Å². The Kier molecular flexibility index (Phi) is 42.3. The van der Waals surface area contributed by atoms with Gasteiger partial charge in [-0.15, -0.1) is 0 Å². The molecule has 0 saturated carbocycles. The van der Waals surface area contributed by atoms with Crippen LogP contribution < -0.4 is 4.89 Å². The number of phosphoric ester groups is 1. The van der Waals surface area contributed by atoms with E-state index in [-0.39, 0.29) is 25.8 Å². The number of carbonyl (C=O) groups excluding carboxylic acids is 1. The highest BCUT2D eigenvalue weighted by Crippen LogP contribution is 2.38. The molecule has 0 fully saturated rings. The number of esters is 1. The molecule has 0 aromatic carbocycles. The van der Waals surface area contributed by atoms with Gasteiger partial charge >= 0.3 is 5.97 Å². The number of carbonyl (C=O) groups is 1. The number of unbranched alkanes of at least 4 members (excludes halogenated alkanes) is 31. The summed E-state index contributed by atoms with van der Waals surface area (Å²) < 4.78 is 34.6. The maximum Gasteiger partial charge on any atom is 0.306 e. The molecule has 0 rings (SSSR count). The molecule has 0 aliphatic rings. The van der Waals surface area contributed by atoms with E-state index in [9.17, 15) is 14.3 Å². The Morgan fingerprint density at radius 3 is 1.38 bits per heavy atom. The SMILES string of the molecule is CCC/C=C\CCCCCCCCOCC(COP(=O)([O-])OCC[N+](C)(C)C)OC(=O)CCCCCCCCCCCCCCCCCCCCCCCCCCC. The van der Waals surface area contributed by atoms with Gasteiger partial charge in [-0.05, 0) is 32.1 Å². The molecular formula is C49H98NO7P. The van der Waals surface area contributed by atoms with Crippen LogP contribution in [0.4, 0.5) is 0 Å². The molecule has 0 heterocycles. The lowest BCUT2D eigenvalue weighted by Crippen LogP contribution is -2.37. The second kappa shape index (κ2) is 42.9. The van der Waals surface area contributed by atoms with E-state index in [2.05, 4.69) is 26.0 Å². The van der Waals surface area contributed by atoms with Gasteiger partial charge < -0.3 is 27.9 Å². The summed E-state index contributed by atoms with van der Waals surface area (Å²) in [4.78, 5) is 25.1. The Morgan fingerprint density at radius 2 is 0.931 bits per heavy atom. The molecule has 346 valence electrons. The molecule has 9 heteroatoms. The van der Waals surface area contributed by atoms with Crippen LogP contribution in [0.1, 0.15) is 239 Å². The van der Waals surface area contributed by atoms with E-state index in [1.165, 1.54) is 186 Å². The molecule has 2 atom stereocenters. The number of ether oxygens (including phenoxy) is 2. The van der Waals surface area contributed by atoms with Gasteiger partial charge in [0.1, 0.15) is 19.3 Å².